The quantitative estimate of drug-likeness (QED) is 0.833. The van der Waals surface area contributed by atoms with E-state index in [4.69, 9.17) is 11.6 Å². The van der Waals surface area contributed by atoms with Crippen molar-refractivity contribution in [2.45, 2.75) is 13.5 Å². The van der Waals surface area contributed by atoms with Crippen LogP contribution in [0.2, 0.25) is 5.15 Å². The Morgan fingerprint density at radius 1 is 1.50 bits per heavy atom. The van der Waals surface area contributed by atoms with Crippen molar-refractivity contribution in [2.75, 3.05) is 5.32 Å². The first-order valence-corrected chi connectivity index (χ1v) is 5.37. The molecule has 0 fully saturated rings. The zero-order chi connectivity index (χ0) is 11.5. The molecule has 4 nitrogen and oxygen atoms in total. The maximum Gasteiger partial charge on any atom is 0.152 e. The second-order valence-electron chi connectivity index (χ2n) is 3.67. The van der Waals surface area contributed by atoms with Crippen LogP contribution in [0.4, 0.5) is 5.69 Å². The van der Waals surface area contributed by atoms with Gasteiger partial charge in [0, 0.05) is 31.5 Å². The third-order valence-electron chi connectivity index (χ3n) is 2.34. The van der Waals surface area contributed by atoms with E-state index in [1.165, 1.54) is 0 Å². The van der Waals surface area contributed by atoms with Crippen LogP contribution in [0.5, 0.6) is 0 Å². The largest absolute Gasteiger partial charge is 0.378 e. The van der Waals surface area contributed by atoms with E-state index in [-0.39, 0.29) is 0 Å². The van der Waals surface area contributed by atoms with Gasteiger partial charge >= 0.3 is 0 Å². The Morgan fingerprint density at radius 2 is 2.31 bits per heavy atom. The van der Waals surface area contributed by atoms with E-state index in [9.17, 15) is 0 Å². The van der Waals surface area contributed by atoms with Crippen LogP contribution in [-0.2, 0) is 13.6 Å². The summed E-state index contributed by atoms with van der Waals surface area (Å²) in [6, 6.07) is 1.93. The van der Waals surface area contributed by atoms with Crippen LogP contribution in [0.3, 0.4) is 0 Å². The Hall–Kier alpha value is -1.55. The molecule has 84 valence electrons. The van der Waals surface area contributed by atoms with Crippen molar-refractivity contribution < 1.29 is 0 Å². The minimum atomic E-state index is 0.504. The summed E-state index contributed by atoms with van der Waals surface area (Å²) in [5.74, 6) is 0. The molecule has 2 aromatic rings. The van der Waals surface area contributed by atoms with Crippen molar-refractivity contribution in [3.63, 3.8) is 0 Å². The number of anilines is 1. The standard InChI is InChI=1S/C11H13ClN4/c1-8-3-4-13-11(12)10(8)14-5-9-6-15-16(2)7-9/h3-4,6-7,14H,5H2,1-2H3. The Morgan fingerprint density at radius 3 is 2.94 bits per heavy atom. The summed E-state index contributed by atoms with van der Waals surface area (Å²) >= 11 is 6.01. The second kappa shape index (κ2) is 4.53. The third kappa shape index (κ3) is 2.33. The smallest absolute Gasteiger partial charge is 0.152 e. The van der Waals surface area contributed by atoms with Gasteiger partial charge in [-0.3, -0.25) is 4.68 Å². The lowest BCUT2D eigenvalue weighted by molar-refractivity contribution is 0.767. The van der Waals surface area contributed by atoms with Crippen molar-refractivity contribution in [1.82, 2.24) is 14.8 Å². The molecular formula is C11H13ClN4. The second-order valence-corrected chi connectivity index (χ2v) is 4.03. The maximum atomic E-state index is 6.01. The van der Waals surface area contributed by atoms with E-state index >= 15 is 0 Å². The van der Waals surface area contributed by atoms with E-state index in [0.717, 1.165) is 16.8 Å². The van der Waals surface area contributed by atoms with Crippen LogP contribution < -0.4 is 5.32 Å². The predicted molar refractivity (Wildman–Crippen MR) is 64.5 cm³/mol. The topological polar surface area (TPSA) is 42.7 Å². The zero-order valence-corrected chi connectivity index (χ0v) is 9.99. The molecule has 2 rings (SSSR count). The van der Waals surface area contributed by atoms with Gasteiger partial charge in [-0.2, -0.15) is 5.10 Å². The summed E-state index contributed by atoms with van der Waals surface area (Å²) in [5.41, 5.74) is 3.08. The normalized spacial score (nSPS) is 10.4. The van der Waals surface area contributed by atoms with E-state index in [1.807, 2.05) is 32.4 Å². The first kappa shape index (κ1) is 11.0. The molecule has 0 unspecified atom stereocenters. The number of hydrogen-bond acceptors (Lipinski definition) is 3. The maximum absolute atomic E-state index is 6.01. The molecule has 0 saturated heterocycles. The highest BCUT2D eigenvalue weighted by molar-refractivity contribution is 6.32. The summed E-state index contributed by atoms with van der Waals surface area (Å²) in [6.07, 6.45) is 5.49. The Kier molecular flexibility index (Phi) is 3.10. The average Bonchev–Trinajstić information content (AvgIpc) is 2.63. The van der Waals surface area contributed by atoms with Crippen LogP contribution in [-0.4, -0.2) is 14.8 Å². The summed E-state index contributed by atoms with van der Waals surface area (Å²) < 4.78 is 1.77. The lowest BCUT2D eigenvalue weighted by atomic mass is 10.2. The molecule has 1 N–H and O–H groups in total. The molecule has 0 spiro atoms. The molecule has 0 saturated carbocycles. The minimum absolute atomic E-state index is 0.504. The highest BCUT2D eigenvalue weighted by atomic mass is 35.5. The molecule has 0 aromatic carbocycles. The van der Waals surface area contributed by atoms with Gasteiger partial charge in [-0.25, -0.2) is 4.98 Å². The lowest BCUT2D eigenvalue weighted by Crippen LogP contribution is -2.01. The average molecular weight is 237 g/mol. The number of halogens is 1. The van der Waals surface area contributed by atoms with E-state index < -0.39 is 0 Å². The molecule has 0 radical (unpaired) electrons. The molecule has 0 bridgehead atoms. The SMILES string of the molecule is Cc1ccnc(Cl)c1NCc1cnn(C)c1. The van der Waals surface area contributed by atoms with Crippen molar-refractivity contribution in [1.29, 1.82) is 0 Å². The van der Waals surface area contributed by atoms with Crippen LogP contribution in [0, 0.1) is 6.92 Å². The summed E-state index contributed by atoms with van der Waals surface area (Å²) in [7, 11) is 1.89. The lowest BCUT2D eigenvalue weighted by Gasteiger charge is -2.09. The van der Waals surface area contributed by atoms with Crippen LogP contribution in [0.1, 0.15) is 11.1 Å². The summed E-state index contributed by atoms with van der Waals surface area (Å²) in [6.45, 7) is 2.69. The number of pyridine rings is 1. The van der Waals surface area contributed by atoms with Crippen molar-refractivity contribution in [3.05, 3.63) is 40.9 Å². The van der Waals surface area contributed by atoms with Crippen LogP contribution >= 0.6 is 11.6 Å². The monoisotopic (exact) mass is 236 g/mol. The molecule has 0 atom stereocenters. The predicted octanol–water partition coefficient (Wildman–Crippen LogP) is 2.39. The van der Waals surface area contributed by atoms with Crippen LogP contribution in [0.15, 0.2) is 24.7 Å². The fourth-order valence-electron chi connectivity index (χ4n) is 1.49. The van der Waals surface area contributed by atoms with Gasteiger partial charge in [-0.1, -0.05) is 11.6 Å². The molecule has 5 heteroatoms. The molecular weight excluding hydrogens is 224 g/mol. The highest BCUT2D eigenvalue weighted by Gasteiger charge is 2.04. The Labute approximate surface area is 99.3 Å². The molecule has 2 heterocycles. The van der Waals surface area contributed by atoms with Gasteiger partial charge in [0.1, 0.15) is 0 Å². The van der Waals surface area contributed by atoms with Crippen molar-refractivity contribution in [3.8, 4) is 0 Å². The molecule has 16 heavy (non-hydrogen) atoms. The summed E-state index contributed by atoms with van der Waals surface area (Å²) in [4.78, 5) is 4.04. The number of nitrogens with one attached hydrogen (secondary N) is 1. The van der Waals surface area contributed by atoms with Crippen molar-refractivity contribution in [2.24, 2.45) is 7.05 Å². The van der Waals surface area contributed by atoms with E-state index in [0.29, 0.717) is 11.7 Å². The van der Waals surface area contributed by atoms with Gasteiger partial charge < -0.3 is 5.32 Å². The van der Waals surface area contributed by atoms with Gasteiger partial charge in [0.2, 0.25) is 0 Å². The molecule has 0 aliphatic heterocycles. The van der Waals surface area contributed by atoms with Crippen LogP contribution in [0.25, 0.3) is 0 Å². The van der Waals surface area contributed by atoms with Gasteiger partial charge in [0.15, 0.2) is 5.15 Å². The number of aryl methyl sites for hydroxylation is 2. The van der Waals surface area contributed by atoms with Gasteiger partial charge in [-0.15, -0.1) is 0 Å². The highest BCUT2D eigenvalue weighted by Crippen LogP contribution is 2.23. The molecule has 2 aromatic heterocycles. The Balaban J connectivity index is 2.10. The molecule has 0 amide bonds. The third-order valence-corrected chi connectivity index (χ3v) is 2.63. The number of hydrogen-bond donors (Lipinski definition) is 1. The first-order valence-electron chi connectivity index (χ1n) is 4.99. The van der Waals surface area contributed by atoms with Crippen molar-refractivity contribution >= 4 is 17.3 Å². The minimum Gasteiger partial charge on any atom is -0.378 e. The number of nitrogens with zero attached hydrogens (tertiary/aromatic N) is 3. The zero-order valence-electron chi connectivity index (χ0n) is 9.24. The number of aromatic nitrogens is 3. The van der Waals surface area contributed by atoms with Gasteiger partial charge in [-0.05, 0) is 18.6 Å². The fraction of sp³-hybridized carbons (Fsp3) is 0.273. The first-order chi connectivity index (χ1) is 7.66. The fourth-order valence-corrected chi connectivity index (χ4v) is 1.76. The van der Waals surface area contributed by atoms with E-state index in [2.05, 4.69) is 15.4 Å². The van der Waals surface area contributed by atoms with Gasteiger partial charge in [0.25, 0.3) is 0 Å². The molecule has 0 aliphatic rings. The molecule has 0 aliphatic carbocycles. The number of rotatable bonds is 3. The summed E-state index contributed by atoms with van der Waals surface area (Å²) in [5, 5.41) is 7.87. The van der Waals surface area contributed by atoms with Gasteiger partial charge in [0.05, 0.1) is 11.9 Å². The Bertz CT molecular complexity index is 472. The van der Waals surface area contributed by atoms with E-state index in [1.54, 1.807) is 10.9 Å².